The number of carbonyl (C=O) groups is 1. The fourth-order valence-corrected chi connectivity index (χ4v) is 2.21. The van der Waals surface area contributed by atoms with Gasteiger partial charge >= 0.3 is 5.97 Å². The van der Waals surface area contributed by atoms with Crippen molar-refractivity contribution in [3.63, 3.8) is 0 Å². The van der Waals surface area contributed by atoms with E-state index in [1.807, 2.05) is 48.5 Å². The van der Waals surface area contributed by atoms with Crippen molar-refractivity contribution in [3.8, 4) is 0 Å². The van der Waals surface area contributed by atoms with Crippen molar-refractivity contribution in [1.29, 1.82) is 0 Å². The van der Waals surface area contributed by atoms with Gasteiger partial charge in [0.1, 0.15) is 0 Å². The molecule has 2 aromatic rings. The maximum atomic E-state index is 12.5. The van der Waals surface area contributed by atoms with Crippen LogP contribution in [-0.4, -0.2) is 26.8 Å². The number of carbonyl (C=O) groups excluding carboxylic acids is 1. The van der Waals surface area contributed by atoms with Gasteiger partial charge in [-0.3, -0.25) is 0 Å². The van der Waals surface area contributed by atoms with Crippen molar-refractivity contribution in [1.82, 2.24) is 0 Å². The van der Waals surface area contributed by atoms with Gasteiger partial charge in [-0.1, -0.05) is 48.5 Å². The van der Waals surface area contributed by atoms with Gasteiger partial charge in [0.15, 0.2) is 6.10 Å². The van der Waals surface area contributed by atoms with Gasteiger partial charge in [-0.2, -0.15) is 0 Å². The average molecular weight is 300 g/mol. The Morgan fingerprint density at radius 3 is 2.32 bits per heavy atom. The Balaban J connectivity index is 2.18. The molecule has 2 aromatic carbocycles. The zero-order valence-electron chi connectivity index (χ0n) is 12.8. The van der Waals surface area contributed by atoms with Crippen LogP contribution >= 0.6 is 0 Å². The monoisotopic (exact) mass is 300 g/mol. The van der Waals surface area contributed by atoms with E-state index in [0.717, 1.165) is 11.1 Å². The molecule has 0 N–H and O–H groups in total. The molecule has 0 saturated carbocycles. The first kappa shape index (κ1) is 16.2. The molecule has 0 amide bonds. The highest BCUT2D eigenvalue weighted by Gasteiger charge is 2.19. The van der Waals surface area contributed by atoms with E-state index in [-0.39, 0.29) is 5.97 Å². The van der Waals surface area contributed by atoms with Crippen LogP contribution in [0.4, 0.5) is 0 Å². The second-order valence-corrected chi connectivity index (χ2v) is 4.85. The topological polar surface area (TPSA) is 44.8 Å². The standard InChI is InChI=1S/C18H20O4/c1-20-12-15-10-6-7-11-16(15)18(19)22-17(13-21-2)14-8-4-3-5-9-14/h3-11,17H,12-13H2,1-2H3. The third-order valence-electron chi connectivity index (χ3n) is 3.28. The normalized spacial score (nSPS) is 11.9. The first-order valence-electron chi connectivity index (χ1n) is 7.08. The summed E-state index contributed by atoms with van der Waals surface area (Å²) in [5.41, 5.74) is 2.22. The Hall–Kier alpha value is -2.17. The molecule has 0 saturated heterocycles. The number of benzene rings is 2. The quantitative estimate of drug-likeness (QED) is 0.735. The SMILES string of the molecule is COCc1ccccc1C(=O)OC(COC)c1ccccc1. The first-order valence-corrected chi connectivity index (χ1v) is 7.08. The molecule has 0 spiro atoms. The van der Waals surface area contributed by atoms with Crippen LogP contribution in [0.5, 0.6) is 0 Å². The summed E-state index contributed by atoms with van der Waals surface area (Å²) in [5.74, 6) is -0.376. The van der Waals surface area contributed by atoms with E-state index >= 15 is 0 Å². The molecule has 0 aliphatic heterocycles. The highest BCUT2D eigenvalue weighted by atomic mass is 16.6. The third kappa shape index (κ3) is 4.16. The maximum absolute atomic E-state index is 12.5. The number of esters is 1. The summed E-state index contributed by atoms with van der Waals surface area (Å²) in [6.45, 7) is 0.674. The van der Waals surface area contributed by atoms with Gasteiger partial charge in [0.25, 0.3) is 0 Å². The van der Waals surface area contributed by atoms with Gasteiger partial charge in [-0.05, 0) is 17.2 Å². The minimum atomic E-state index is -0.436. The molecule has 4 nitrogen and oxygen atoms in total. The van der Waals surface area contributed by atoms with Crippen LogP contribution in [0, 0.1) is 0 Å². The Morgan fingerprint density at radius 2 is 1.64 bits per heavy atom. The summed E-state index contributed by atoms with van der Waals surface area (Å²) in [5, 5.41) is 0. The molecule has 1 unspecified atom stereocenters. The molecule has 116 valence electrons. The van der Waals surface area contributed by atoms with Crippen LogP contribution in [0.2, 0.25) is 0 Å². The van der Waals surface area contributed by atoms with Gasteiger partial charge < -0.3 is 14.2 Å². The van der Waals surface area contributed by atoms with E-state index in [9.17, 15) is 4.79 Å². The lowest BCUT2D eigenvalue weighted by atomic mass is 10.1. The van der Waals surface area contributed by atoms with Gasteiger partial charge in [0.2, 0.25) is 0 Å². The molecule has 2 rings (SSSR count). The molecular weight excluding hydrogens is 280 g/mol. The largest absolute Gasteiger partial charge is 0.451 e. The number of ether oxygens (including phenoxy) is 3. The van der Waals surface area contributed by atoms with Crippen LogP contribution in [0.1, 0.15) is 27.6 Å². The van der Waals surface area contributed by atoms with Crippen LogP contribution in [-0.2, 0) is 20.8 Å². The van der Waals surface area contributed by atoms with Gasteiger partial charge in [-0.25, -0.2) is 4.79 Å². The van der Waals surface area contributed by atoms with Crippen LogP contribution < -0.4 is 0 Å². The van der Waals surface area contributed by atoms with Gasteiger partial charge in [0, 0.05) is 14.2 Å². The summed E-state index contributed by atoms with van der Waals surface area (Å²) >= 11 is 0. The number of hydrogen-bond acceptors (Lipinski definition) is 4. The number of hydrogen-bond donors (Lipinski definition) is 0. The summed E-state index contributed by atoms with van der Waals surface area (Å²) < 4.78 is 15.9. The van der Waals surface area contributed by atoms with Crippen LogP contribution in [0.3, 0.4) is 0 Å². The predicted molar refractivity (Wildman–Crippen MR) is 83.6 cm³/mol. The van der Waals surface area contributed by atoms with Crippen LogP contribution in [0.25, 0.3) is 0 Å². The molecular formula is C18H20O4. The minimum Gasteiger partial charge on any atom is -0.451 e. The van der Waals surface area contributed by atoms with Crippen molar-refractivity contribution in [3.05, 3.63) is 71.3 Å². The maximum Gasteiger partial charge on any atom is 0.339 e. The molecule has 0 heterocycles. The lowest BCUT2D eigenvalue weighted by molar-refractivity contribution is 0.00464. The van der Waals surface area contributed by atoms with Crippen molar-refractivity contribution in [2.75, 3.05) is 20.8 Å². The lowest BCUT2D eigenvalue weighted by Gasteiger charge is -2.18. The Bertz CT molecular complexity index is 595. The van der Waals surface area contributed by atoms with E-state index in [4.69, 9.17) is 14.2 Å². The van der Waals surface area contributed by atoms with E-state index < -0.39 is 6.10 Å². The van der Waals surface area contributed by atoms with E-state index in [0.29, 0.717) is 18.8 Å². The fourth-order valence-electron chi connectivity index (χ4n) is 2.21. The van der Waals surface area contributed by atoms with Crippen molar-refractivity contribution in [2.45, 2.75) is 12.7 Å². The summed E-state index contributed by atoms with van der Waals surface area (Å²) in [4.78, 5) is 12.5. The zero-order chi connectivity index (χ0) is 15.8. The third-order valence-corrected chi connectivity index (χ3v) is 3.28. The first-order chi connectivity index (χ1) is 10.8. The minimum absolute atomic E-state index is 0.308. The average Bonchev–Trinajstić information content (AvgIpc) is 2.56. The van der Waals surface area contributed by atoms with Crippen LogP contribution in [0.15, 0.2) is 54.6 Å². The lowest BCUT2D eigenvalue weighted by Crippen LogP contribution is -2.17. The number of methoxy groups -OCH3 is 2. The highest BCUT2D eigenvalue weighted by Crippen LogP contribution is 2.21. The second-order valence-electron chi connectivity index (χ2n) is 4.85. The Labute approximate surface area is 130 Å². The highest BCUT2D eigenvalue weighted by molar-refractivity contribution is 5.91. The zero-order valence-corrected chi connectivity index (χ0v) is 12.8. The summed E-state index contributed by atoms with van der Waals surface area (Å²) in [7, 11) is 3.18. The van der Waals surface area contributed by atoms with Crippen molar-refractivity contribution < 1.29 is 19.0 Å². The molecule has 22 heavy (non-hydrogen) atoms. The van der Waals surface area contributed by atoms with E-state index in [1.54, 1.807) is 20.3 Å². The molecule has 0 fully saturated rings. The molecule has 1 atom stereocenters. The summed E-state index contributed by atoms with van der Waals surface area (Å²) in [6.07, 6.45) is -0.436. The Morgan fingerprint density at radius 1 is 0.955 bits per heavy atom. The Kier molecular flexibility index (Phi) is 6.13. The van der Waals surface area contributed by atoms with Crippen molar-refractivity contribution >= 4 is 5.97 Å². The summed E-state index contributed by atoms with van der Waals surface area (Å²) in [6, 6.07) is 16.8. The molecule has 0 bridgehead atoms. The van der Waals surface area contributed by atoms with Crippen molar-refractivity contribution in [2.24, 2.45) is 0 Å². The van der Waals surface area contributed by atoms with Gasteiger partial charge in [0.05, 0.1) is 18.8 Å². The molecule has 4 heteroatoms. The molecule has 0 radical (unpaired) electrons. The predicted octanol–water partition coefficient (Wildman–Crippen LogP) is 3.38. The van der Waals surface area contributed by atoms with E-state index in [1.165, 1.54) is 0 Å². The number of rotatable bonds is 7. The molecule has 0 aromatic heterocycles. The van der Waals surface area contributed by atoms with E-state index in [2.05, 4.69) is 0 Å². The second kappa shape index (κ2) is 8.32. The fraction of sp³-hybridized carbons (Fsp3) is 0.278. The van der Waals surface area contributed by atoms with Gasteiger partial charge in [-0.15, -0.1) is 0 Å². The smallest absolute Gasteiger partial charge is 0.339 e. The molecule has 0 aliphatic rings. The molecule has 0 aliphatic carbocycles.